The third-order valence-corrected chi connectivity index (χ3v) is 5.42. The molecule has 2 heterocycles. The van der Waals surface area contributed by atoms with Crippen LogP contribution in [-0.2, 0) is 16.1 Å². The summed E-state index contributed by atoms with van der Waals surface area (Å²) in [6.07, 6.45) is 3.01. The van der Waals surface area contributed by atoms with Crippen molar-refractivity contribution in [2.45, 2.75) is 45.8 Å². The van der Waals surface area contributed by atoms with Gasteiger partial charge in [-0.25, -0.2) is 14.6 Å². The maximum absolute atomic E-state index is 12.2. The van der Waals surface area contributed by atoms with Gasteiger partial charge in [-0.15, -0.1) is 0 Å². The molecule has 0 aliphatic carbocycles. The number of ether oxygens (including phenoxy) is 3. The van der Waals surface area contributed by atoms with E-state index in [4.69, 9.17) is 19.3 Å². The number of hydrogen-bond donors (Lipinski definition) is 1. The largest absolute Gasteiger partial charge is 0.493 e. The van der Waals surface area contributed by atoms with Gasteiger partial charge in [-0.1, -0.05) is 12.1 Å². The fourth-order valence-corrected chi connectivity index (χ4v) is 3.68. The van der Waals surface area contributed by atoms with Crippen LogP contribution in [-0.4, -0.2) is 59.5 Å². The quantitative estimate of drug-likeness (QED) is 0.649. The molecule has 1 aromatic heterocycles. The van der Waals surface area contributed by atoms with Gasteiger partial charge in [-0.2, -0.15) is 0 Å². The lowest BCUT2D eigenvalue weighted by Crippen LogP contribution is -2.42. The van der Waals surface area contributed by atoms with Crippen LogP contribution >= 0.6 is 0 Å². The van der Waals surface area contributed by atoms with Crippen molar-refractivity contribution in [2.75, 3.05) is 26.8 Å². The third kappa shape index (κ3) is 6.92. The number of aromatic carboxylic acids is 1. The Hall–Kier alpha value is -3.13. The van der Waals surface area contributed by atoms with E-state index in [2.05, 4.69) is 4.98 Å². The second-order valence-electron chi connectivity index (χ2n) is 9.21. The number of carboxylic acids is 1. The first-order valence-electron chi connectivity index (χ1n) is 11.1. The summed E-state index contributed by atoms with van der Waals surface area (Å²) in [6.45, 7) is 7.88. The van der Waals surface area contributed by atoms with Crippen LogP contribution in [0.5, 0.6) is 5.75 Å². The predicted molar refractivity (Wildman–Crippen MR) is 123 cm³/mol. The number of benzene rings is 1. The Labute approximate surface area is 194 Å². The SMILES string of the molecule is COCc1cc(-c2ccc(C(=O)O)nc2)ccc1OCC1CCN(C(=O)OC(C)(C)C)CC1. The monoisotopic (exact) mass is 456 g/mol. The second-order valence-corrected chi connectivity index (χ2v) is 9.21. The standard InChI is InChI=1S/C25H32N2O6/c1-25(2,3)33-24(30)27-11-9-17(10-12-27)15-32-22-8-6-18(13-20(22)16-31-4)19-5-7-21(23(28)29)26-14-19/h5-8,13-14,17H,9-12,15-16H2,1-4H3,(H,28,29). The van der Waals surface area contributed by atoms with Crippen molar-refractivity contribution in [1.29, 1.82) is 0 Å². The first-order chi connectivity index (χ1) is 15.7. The molecule has 0 radical (unpaired) electrons. The topological polar surface area (TPSA) is 98.2 Å². The van der Waals surface area contributed by atoms with Crippen molar-refractivity contribution < 1.29 is 28.9 Å². The molecular weight excluding hydrogens is 424 g/mol. The zero-order valence-corrected chi connectivity index (χ0v) is 19.7. The van der Waals surface area contributed by atoms with Crippen molar-refractivity contribution in [3.8, 4) is 16.9 Å². The van der Waals surface area contributed by atoms with Gasteiger partial charge in [0.25, 0.3) is 0 Å². The van der Waals surface area contributed by atoms with Crippen molar-refractivity contribution >= 4 is 12.1 Å². The summed E-state index contributed by atoms with van der Waals surface area (Å²) in [5, 5.41) is 9.03. The normalized spacial score (nSPS) is 14.7. The molecule has 178 valence electrons. The Morgan fingerprint density at radius 1 is 1.12 bits per heavy atom. The lowest BCUT2D eigenvalue weighted by molar-refractivity contribution is 0.0164. The Morgan fingerprint density at radius 3 is 2.39 bits per heavy atom. The fraction of sp³-hybridized carbons (Fsp3) is 0.480. The van der Waals surface area contributed by atoms with E-state index in [-0.39, 0.29) is 11.8 Å². The number of rotatable bonds is 7. The molecule has 33 heavy (non-hydrogen) atoms. The molecule has 1 amide bonds. The van der Waals surface area contributed by atoms with E-state index in [1.54, 1.807) is 24.3 Å². The molecule has 8 nitrogen and oxygen atoms in total. The number of hydrogen-bond acceptors (Lipinski definition) is 6. The summed E-state index contributed by atoms with van der Waals surface area (Å²) in [7, 11) is 1.63. The smallest absolute Gasteiger partial charge is 0.410 e. The third-order valence-electron chi connectivity index (χ3n) is 5.42. The zero-order chi connectivity index (χ0) is 24.0. The van der Waals surface area contributed by atoms with Crippen molar-refractivity contribution in [1.82, 2.24) is 9.88 Å². The Balaban J connectivity index is 1.60. The number of carboxylic acid groups (broad SMARTS) is 1. The van der Waals surface area contributed by atoms with Gasteiger partial charge in [0.2, 0.25) is 0 Å². The predicted octanol–water partition coefficient (Wildman–Crippen LogP) is 4.62. The molecule has 1 saturated heterocycles. The lowest BCUT2D eigenvalue weighted by Gasteiger charge is -2.33. The van der Waals surface area contributed by atoms with Gasteiger partial charge in [0.05, 0.1) is 13.2 Å². The summed E-state index contributed by atoms with van der Waals surface area (Å²) in [4.78, 5) is 29.0. The molecule has 0 saturated carbocycles. The van der Waals surface area contributed by atoms with E-state index in [9.17, 15) is 9.59 Å². The van der Waals surface area contributed by atoms with Gasteiger partial charge in [-0.3, -0.25) is 0 Å². The van der Waals surface area contributed by atoms with E-state index >= 15 is 0 Å². The van der Waals surface area contributed by atoms with E-state index < -0.39 is 11.6 Å². The van der Waals surface area contributed by atoms with Gasteiger partial charge in [0, 0.05) is 37.5 Å². The highest BCUT2D eigenvalue weighted by atomic mass is 16.6. The van der Waals surface area contributed by atoms with Gasteiger partial charge < -0.3 is 24.2 Å². The minimum absolute atomic E-state index is 0.00790. The molecule has 0 spiro atoms. The van der Waals surface area contributed by atoms with Crippen molar-refractivity contribution in [3.63, 3.8) is 0 Å². The first kappa shape index (κ1) is 24.5. The molecule has 1 N–H and O–H groups in total. The molecule has 1 aromatic carbocycles. The number of carbonyl (C=O) groups excluding carboxylic acids is 1. The number of piperidine rings is 1. The fourth-order valence-electron chi connectivity index (χ4n) is 3.68. The van der Waals surface area contributed by atoms with Gasteiger partial charge in [-0.05, 0) is 63.3 Å². The Kier molecular flexibility index (Phi) is 7.92. The van der Waals surface area contributed by atoms with E-state index in [0.29, 0.717) is 32.2 Å². The van der Waals surface area contributed by atoms with Gasteiger partial charge >= 0.3 is 12.1 Å². The molecule has 1 aliphatic heterocycles. The van der Waals surface area contributed by atoms with Crippen LogP contribution in [0.2, 0.25) is 0 Å². The van der Waals surface area contributed by atoms with Crippen LogP contribution in [0.25, 0.3) is 11.1 Å². The number of aromatic nitrogens is 1. The number of nitrogens with zero attached hydrogens (tertiary/aromatic N) is 2. The van der Waals surface area contributed by atoms with E-state index in [1.807, 2.05) is 39.0 Å². The highest BCUT2D eigenvalue weighted by Gasteiger charge is 2.27. The maximum Gasteiger partial charge on any atom is 0.410 e. The summed E-state index contributed by atoms with van der Waals surface area (Å²) >= 11 is 0. The van der Waals surface area contributed by atoms with Crippen LogP contribution in [0.4, 0.5) is 4.79 Å². The van der Waals surface area contributed by atoms with Crippen LogP contribution in [0.15, 0.2) is 36.5 Å². The summed E-state index contributed by atoms with van der Waals surface area (Å²) < 4.78 is 16.9. The molecule has 8 heteroatoms. The molecular formula is C25H32N2O6. The number of pyridine rings is 1. The molecule has 0 atom stereocenters. The molecule has 0 unspecified atom stereocenters. The van der Waals surface area contributed by atoms with Crippen LogP contribution in [0, 0.1) is 5.92 Å². The minimum atomic E-state index is -1.05. The summed E-state index contributed by atoms with van der Waals surface area (Å²) in [6, 6.07) is 9.03. The van der Waals surface area contributed by atoms with Crippen molar-refractivity contribution in [3.05, 3.63) is 47.8 Å². The average molecular weight is 457 g/mol. The van der Waals surface area contributed by atoms with Gasteiger partial charge in [0.1, 0.15) is 17.0 Å². The van der Waals surface area contributed by atoms with Crippen LogP contribution in [0.1, 0.15) is 49.7 Å². The molecule has 2 aromatic rings. The highest BCUT2D eigenvalue weighted by Crippen LogP contribution is 2.29. The number of amides is 1. The summed E-state index contributed by atoms with van der Waals surface area (Å²) in [5.41, 5.74) is 2.15. The second kappa shape index (κ2) is 10.7. The molecule has 1 fully saturated rings. The lowest BCUT2D eigenvalue weighted by atomic mass is 9.98. The number of likely N-dealkylation sites (tertiary alicyclic amines) is 1. The van der Waals surface area contributed by atoms with Crippen LogP contribution in [0.3, 0.4) is 0 Å². The summed E-state index contributed by atoms with van der Waals surface area (Å²) in [5.74, 6) is 0.0547. The molecule has 0 bridgehead atoms. The highest BCUT2D eigenvalue weighted by molar-refractivity contribution is 5.85. The average Bonchev–Trinajstić information content (AvgIpc) is 2.77. The van der Waals surface area contributed by atoms with E-state index in [1.165, 1.54) is 6.07 Å². The minimum Gasteiger partial charge on any atom is -0.493 e. The maximum atomic E-state index is 12.2. The number of methoxy groups -OCH3 is 1. The van der Waals surface area contributed by atoms with Crippen LogP contribution < -0.4 is 4.74 Å². The van der Waals surface area contributed by atoms with Gasteiger partial charge in [0.15, 0.2) is 0 Å². The first-order valence-corrected chi connectivity index (χ1v) is 11.1. The Bertz CT molecular complexity index is 960. The number of carbonyl (C=O) groups is 2. The molecule has 3 rings (SSSR count). The zero-order valence-electron chi connectivity index (χ0n) is 19.7. The Morgan fingerprint density at radius 2 is 1.82 bits per heavy atom. The van der Waals surface area contributed by atoms with E-state index in [0.717, 1.165) is 35.3 Å². The molecule has 1 aliphatic rings. The van der Waals surface area contributed by atoms with Crippen molar-refractivity contribution in [2.24, 2.45) is 5.92 Å².